The Balaban J connectivity index is 2.13. The molecule has 0 atom stereocenters. The van der Waals surface area contributed by atoms with Crippen LogP contribution in [0.15, 0.2) is 36.7 Å². The second-order valence-corrected chi connectivity index (χ2v) is 3.74. The number of aromatic nitrogens is 2. The maximum Gasteiger partial charge on any atom is 0.244 e. The fraction of sp³-hybridized carbons (Fsp3) is 0.231. The molecular formula is C13H15N3O. The quantitative estimate of drug-likeness (QED) is 0.813. The van der Waals surface area contributed by atoms with Crippen molar-refractivity contribution in [3.05, 3.63) is 42.4 Å². The average Bonchev–Trinajstić information content (AvgIpc) is 2.77. The Morgan fingerprint density at radius 1 is 1.53 bits per heavy atom. The number of hydrogen-bond donors (Lipinski definition) is 1. The first-order chi connectivity index (χ1) is 8.31. The highest BCUT2D eigenvalue weighted by molar-refractivity contribution is 5.91. The van der Waals surface area contributed by atoms with E-state index in [4.69, 9.17) is 0 Å². The zero-order valence-corrected chi connectivity index (χ0v) is 9.76. The lowest BCUT2D eigenvalue weighted by Gasteiger charge is -1.98. The summed E-state index contributed by atoms with van der Waals surface area (Å²) < 4.78 is 1.93. The number of nitrogens with one attached hydrogen (secondary N) is 1. The maximum absolute atomic E-state index is 11.4. The minimum atomic E-state index is -0.0715. The van der Waals surface area contributed by atoms with E-state index in [-0.39, 0.29) is 5.91 Å². The zero-order valence-electron chi connectivity index (χ0n) is 9.76. The van der Waals surface area contributed by atoms with Crippen molar-refractivity contribution < 1.29 is 4.79 Å². The zero-order chi connectivity index (χ0) is 12.1. The van der Waals surface area contributed by atoms with Crippen LogP contribution in [-0.2, 0) is 4.79 Å². The van der Waals surface area contributed by atoms with Gasteiger partial charge in [0.05, 0.1) is 11.9 Å². The van der Waals surface area contributed by atoms with Gasteiger partial charge in [0.2, 0.25) is 5.91 Å². The van der Waals surface area contributed by atoms with Gasteiger partial charge in [-0.05, 0) is 24.6 Å². The van der Waals surface area contributed by atoms with E-state index in [0.29, 0.717) is 6.54 Å². The number of rotatable bonds is 4. The van der Waals surface area contributed by atoms with Gasteiger partial charge in [0.1, 0.15) is 5.65 Å². The van der Waals surface area contributed by atoms with Gasteiger partial charge in [-0.15, -0.1) is 0 Å². The summed E-state index contributed by atoms with van der Waals surface area (Å²) in [6.45, 7) is 2.73. The van der Waals surface area contributed by atoms with Gasteiger partial charge < -0.3 is 9.72 Å². The molecule has 2 rings (SSSR count). The van der Waals surface area contributed by atoms with Crippen LogP contribution < -0.4 is 5.32 Å². The van der Waals surface area contributed by atoms with Crippen molar-refractivity contribution in [1.82, 2.24) is 14.7 Å². The first kappa shape index (κ1) is 11.4. The summed E-state index contributed by atoms with van der Waals surface area (Å²) in [5.74, 6) is -0.0715. The van der Waals surface area contributed by atoms with Gasteiger partial charge >= 0.3 is 0 Å². The van der Waals surface area contributed by atoms with E-state index in [1.807, 2.05) is 35.7 Å². The molecule has 17 heavy (non-hydrogen) atoms. The van der Waals surface area contributed by atoms with Crippen LogP contribution in [-0.4, -0.2) is 21.8 Å². The highest BCUT2D eigenvalue weighted by Gasteiger charge is 1.99. The summed E-state index contributed by atoms with van der Waals surface area (Å²) in [7, 11) is 0. The molecule has 0 saturated heterocycles. The predicted molar refractivity (Wildman–Crippen MR) is 67.5 cm³/mol. The van der Waals surface area contributed by atoms with Crippen molar-refractivity contribution >= 4 is 17.6 Å². The molecule has 1 amide bonds. The summed E-state index contributed by atoms with van der Waals surface area (Å²) in [6.07, 6.45) is 7.91. The summed E-state index contributed by atoms with van der Waals surface area (Å²) in [5, 5.41) is 2.79. The molecule has 1 N–H and O–H groups in total. The second kappa shape index (κ2) is 5.30. The number of hydrogen-bond acceptors (Lipinski definition) is 2. The molecule has 0 aromatic carbocycles. The number of nitrogens with zero attached hydrogens (tertiary/aromatic N) is 2. The Labute approximate surface area is 100.0 Å². The lowest BCUT2D eigenvalue weighted by molar-refractivity contribution is -0.116. The summed E-state index contributed by atoms with van der Waals surface area (Å²) in [4.78, 5) is 15.6. The molecule has 2 aromatic heterocycles. The van der Waals surface area contributed by atoms with Crippen LogP contribution in [0.2, 0.25) is 0 Å². The molecule has 2 heterocycles. The molecule has 0 spiro atoms. The van der Waals surface area contributed by atoms with Crippen molar-refractivity contribution in [1.29, 1.82) is 0 Å². The topological polar surface area (TPSA) is 46.4 Å². The Bertz CT molecular complexity index is 542. The molecule has 0 radical (unpaired) electrons. The van der Waals surface area contributed by atoms with E-state index in [9.17, 15) is 4.79 Å². The van der Waals surface area contributed by atoms with E-state index in [0.717, 1.165) is 17.8 Å². The predicted octanol–water partition coefficient (Wildman–Crippen LogP) is 1.87. The average molecular weight is 229 g/mol. The Hall–Kier alpha value is -2.10. The van der Waals surface area contributed by atoms with Crippen LogP contribution in [0.25, 0.3) is 11.7 Å². The van der Waals surface area contributed by atoms with E-state index in [1.165, 1.54) is 6.08 Å². The van der Waals surface area contributed by atoms with E-state index >= 15 is 0 Å². The normalized spacial score (nSPS) is 11.1. The van der Waals surface area contributed by atoms with Crippen molar-refractivity contribution in [3.8, 4) is 0 Å². The lowest BCUT2D eigenvalue weighted by atomic mass is 10.3. The first-order valence-corrected chi connectivity index (χ1v) is 5.69. The molecule has 0 bridgehead atoms. The summed E-state index contributed by atoms with van der Waals surface area (Å²) >= 11 is 0. The molecule has 2 aromatic rings. The van der Waals surface area contributed by atoms with E-state index in [2.05, 4.69) is 10.3 Å². The first-order valence-electron chi connectivity index (χ1n) is 5.69. The second-order valence-electron chi connectivity index (χ2n) is 3.74. The van der Waals surface area contributed by atoms with Crippen molar-refractivity contribution in [2.24, 2.45) is 0 Å². The van der Waals surface area contributed by atoms with E-state index in [1.54, 1.807) is 12.3 Å². The molecule has 88 valence electrons. The lowest BCUT2D eigenvalue weighted by Crippen LogP contribution is -2.21. The highest BCUT2D eigenvalue weighted by atomic mass is 16.1. The van der Waals surface area contributed by atoms with Crippen LogP contribution in [0.5, 0.6) is 0 Å². The molecule has 4 nitrogen and oxygen atoms in total. The molecule has 0 aliphatic heterocycles. The molecule has 4 heteroatoms. The van der Waals surface area contributed by atoms with Gasteiger partial charge in [0, 0.05) is 18.8 Å². The number of amides is 1. The number of imidazole rings is 1. The van der Waals surface area contributed by atoms with Gasteiger partial charge in [-0.2, -0.15) is 0 Å². The Morgan fingerprint density at radius 2 is 2.41 bits per heavy atom. The van der Waals surface area contributed by atoms with Gasteiger partial charge in [-0.1, -0.05) is 13.0 Å². The smallest absolute Gasteiger partial charge is 0.244 e. The number of carbonyl (C=O) groups is 1. The number of carbonyl (C=O) groups excluding carboxylic acids is 1. The largest absolute Gasteiger partial charge is 0.353 e. The Kier molecular flexibility index (Phi) is 3.55. The molecule has 0 saturated carbocycles. The summed E-state index contributed by atoms with van der Waals surface area (Å²) in [5.41, 5.74) is 1.77. The number of fused-ring (bicyclic) bond motifs is 1. The SMILES string of the molecule is CCCNC(=O)/C=C/c1cnc2ccccn12. The van der Waals surface area contributed by atoms with Crippen molar-refractivity contribution in [3.63, 3.8) is 0 Å². The maximum atomic E-state index is 11.4. The highest BCUT2D eigenvalue weighted by Crippen LogP contribution is 2.07. The summed E-state index contributed by atoms with van der Waals surface area (Å²) in [6, 6.07) is 5.79. The van der Waals surface area contributed by atoms with Gasteiger partial charge in [-0.25, -0.2) is 4.98 Å². The van der Waals surface area contributed by atoms with E-state index < -0.39 is 0 Å². The molecule has 0 aliphatic rings. The minimum absolute atomic E-state index is 0.0715. The molecule has 0 aliphatic carbocycles. The third kappa shape index (κ3) is 2.72. The van der Waals surface area contributed by atoms with Crippen LogP contribution in [0.4, 0.5) is 0 Å². The van der Waals surface area contributed by atoms with Gasteiger partial charge in [0.15, 0.2) is 0 Å². The van der Waals surface area contributed by atoms with Gasteiger partial charge in [-0.3, -0.25) is 4.79 Å². The fourth-order valence-corrected chi connectivity index (χ4v) is 1.54. The standard InChI is InChI=1S/C13H15N3O/c1-2-8-14-13(17)7-6-11-10-15-12-5-3-4-9-16(11)12/h3-7,9-10H,2,8H2,1H3,(H,14,17)/b7-6+. The molecule has 0 unspecified atom stereocenters. The Morgan fingerprint density at radius 3 is 3.24 bits per heavy atom. The molecular weight excluding hydrogens is 214 g/mol. The van der Waals surface area contributed by atoms with Crippen LogP contribution in [0.3, 0.4) is 0 Å². The van der Waals surface area contributed by atoms with Crippen molar-refractivity contribution in [2.45, 2.75) is 13.3 Å². The molecule has 0 fully saturated rings. The number of pyridine rings is 1. The monoisotopic (exact) mass is 229 g/mol. The fourth-order valence-electron chi connectivity index (χ4n) is 1.54. The van der Waals surface area contributed by atoms with Crippen molar-refractivity contribution in [2.75, 3.05) is 6.54 Å². The minimum Gasteiger partial charge on any atom is -0.353 e. The van der Waals surface area contributed by atoms with Crippen LogP contribution in [0, 0.1) is 0 Å². The van der Waals surface area contributed by atoms with Crippen LogP contribution >= 0.6 is 0 Å². The third-order valence-corrected chi connectivity index (χ3v) is 2.40. The van der Waals surface area contributed by atoms with Gasteiger partial charge in [0.25, 0.3) is 0 Å². The third-order valence-electron chi connectivity index (χ3n) is 2.40. The van der Waals surface area contributed by atoms with Crippen LogP contribution in [0.1, 0.15) is 19.0 Å².